The second-order valence-corrected chi connectivity index (χ2v) is 4.70. The molecule has 0 radical (unpaired) electrons. The summed E-state index contributed by atoms with van der Waals surface area (Å²) < 4.78 is 5.10. The van der Waals surface area contributed by atoms with Crippen molar-refractivity contribution in [2.75, 3.05) is 5.32 Å². The quantitative estimate of drug-likeness (QED) is 0.856. The average molecular weight is 235 g/mol. The molecule has 0 aromatic carbocycles. The molecular weight excluding hydrogens is 218 g/mol. The molecule has 0 aliphatic heterocycles. The number of nitrogens with zero attached hydrogens (tertiary/aromatic N) is 2. The summed E-state index contributed by atoms with van der Waals surface area (Å²) in [5, 5.41) is 2.52. The van der Waals surface area contributed by atoms with Gasteiger partial charge in [-0.15, -0.1) is 0 Å². The van der Waals surface area contributed by atoms with Gasteiger partial charge in [-0.3, -0.25) is 10.3 Å². The van der Waals surface area contributed by atoms with Crippen molar-refractivity contribution in [3.63, 3.8) is 0 Å². The smallest absolute Gasteiger partial charge is 0.413 e. The van der Waals surface area contributed by atoms with Crippen LogP contribution in [0.5, 0.6) is 0 Å². The Morgan fingerprint density at radius 1 is 1.41 bits per heavy atom. The number of anilines is 1. The van der Waals surface area contributed by atoms with E-state index < -0.39 is 11.7 Å². The molecule has 0 aliphatic carbocycles. The number of rotatable bonds is 2. The predicted molar refractivity (Wildman–Crippen MR) is 66.6 cm³/mol. The summed E-state index contributed by atoms with van der Waals surface area (Å²) in [6.45, 7) is 11.0. The Bertz CT molecular complexity index is 436. The molecule has 5 heteroatoms. The van der Waals surface area contributed by atoms with Crippen LogP contribution in [0.4, 0.5) is 10.6 Å². The molecule has 1 rings (SSSR count). The molecule has 0 saturated heterocycles. The predicted octanol–water partition coefficient (Wildman–Crippen LogP) is 2.86. The number of hydrogen-bond acceptors (Lipinski definition) is 4. The van der Waals surface area contributed by atoms with Gasteiger partial charge in [-0.25, -0.2) is 9.78 Å². The number of aromatic nitrogens is 2. The van der Waals surface area contributed by atoms with Gasteiger partial charge in [-0.2, -0.15) is 0 Å². The summed E-state index contributed by atoms with van der Waals surface area (Å²) in [4.78, 5) is 19.6. The summed E-state index contributed by atoms with van der Waals surface area (Å²) in [5.74, 6) is 0.347. The lowest BCUT2D eigenvalue weighted by atomic mass is 10.2. The fourth-order valence-corrected chi connectivity index (χ4v) is 1.04. The van der Waals surface area contributed by atoms with Gasteiger partial charge in [-0.05, 0) is 33.3 Å². The molecule has 0 aliphatic rings. The monoisotopic (exact) mass is 235 g/mol. The molecule has 1 aromatic heterocycles. The van der Waals surface area contributed by atoms with Crippen molar-refractivity contribution in [2.45, 2.75) is 33.3 Å². The fourth-order valence-electron chi connectivity index (χ4n) is 1.04. The average Bonchev–Trinajstić information content (AvgIpc) is 2.14. The van der Waals surface area contributed by atoms with Crippen LogP contribution in [0.2, 0.25) is 0 Å². The van der Waals surface area contributed by atoms with Gasteiger partial charge in [0.1, 0.15) is 5.60 Å². The molecule has 0 spiro atoms. The lowest BCUT2D eigenvalue weighted by Gasteiger charge is -2.19. The largest absolute Gasteiger partial charge is 0.444 e. The maximum Gasteiger partial charge on any atom is 0.413 e. The van der Waals surface area contributed by atoms with Gasteiger partial charge in [0.15, 0.2) is 5.82 Å². The number of nitrogens with one attached hydrogen (secondary N) is 1. The van der Waals surface area contributed by atoms with Crippen LogP contribution in [-0.4, -0.2) is 21.7 Å². The zero-order chi connectivity index (χ0) is 13.1. The highest BCUT2D eigenvalue weighted by Crippen LogP contribution is 2.12. The van der Waals surface area contributed by atoms with E-state index in [1.165, 1.54) is 6.20 Å². The van der Waals surface area contributed by atoms with Crippen molar-refractivity contribution in [2.24, 2.45) is 0 Å². The van der Waals surface area contributed by atoms with Crippen LogP contribution in [0, 0.1) is 0 Å². The molecule has 17 heavy (non-hydrogen) atoms. The van der Waals surface area contributed by atoms with Gasteiger partial charge >= 0.3 is 6.09 Å². The van der Waals surface area contributed by atoms with Crippen molar-refractivity contribution in [3.8, 4) is 0 Å². The third-order valence-corrected chi connectivity index (χ3v) is 1.70. The number of carbonyl (C=O) groups excluding carboxylic acids is 1. The van der Waals surface area contributed by atoms with E-state index in [9.17, 15) is 4.79 Å². The molecule has 0 bridgehead atoms. The molecule has 0 unspecified atom stereocenters. The Hall–Kier alpha value is -1.91. The highest BCUT2D eigenvalue weighted by molar-refractivity contribution is 5.83. The zero-order valence-corrected chi connectivity index (χ0v) is 10.6. The maximum absolute atomic E-state index is 11.5. The Morgan fingerprint density at radius 2 is 2.06 bits per heavy atom. The van der Waals surface area contributed by atoms with Crippen LogP contribution in [0.25, 0.3) is 5.57 Å². The van der Waals surface area contributed by atoms with E-state index in [1.807, 2.05) is 6.92 Å². The number of allylic oxidation sites excluding steroid dienone is 1. The first kappa shape index (κ1) is 13.2. The van der Waals surface area contributed by atoms with Crippen molar-refractivity contribution < 1.29 is 9.53 Å². The second-order valence-electron chi connectivity index (χ2n) is 4.70. The lowest BCUT2D eigenvalue weighted by molar-refractivity contribution is 0.0635. The van der Waals surface area contributed by atoms with Crippen molar-refractivity contribution >= 4 is 17.5 Å². The van der Waals surface area contributed by atoms with E-state index in [0.717, 1.165) is 5.57 Å². The van der Waals surface area contributed by atoms with Crippen molar-refractivity contribution in [3.05, 3.63) is 24.7 Å². The molecule has 1 amide bonds. The molecule has 0 fully saturated rings. The number of ether oxygens (including phenoxy) is 1. The number of amides is 1. The standard InChI is InChI=1S/C12H17N3O2/c1-8(2)9-6-13-7-10(14-9)15-11(16)17-12(3,4)5/h6-7H,1H2,2-5H3,(H,14,15,16). The summed E-state index contributed by atoms with van der Waals surface area (Å²) >= 11 is 0. The van der Waals surface area contributed by atoms with E-state index >= 15 is 0 Å². The number of hydrogen-bond donors (Lipinski definition) is 1. The van der Waals surface area contributed by atoms with Crippen LogP contribution in [-0.2, 0) is 4.74 Å². The highest BCUT2D eigenvalue weighted by atomic mass is 16.6. The van der Waals surface area contributed by atoms with E-state index in [-0.39, 0.29) is 0 Å². The van der Waals surface area contributed by atoms with E-state index in [2.05, 4.69) is 21.9 Å². The van der Waals surface area contributed by atoms with Gasteiger partial charge in [0.25, 0.3) is 0 Å². The van der Waals surface area contributed by atoms with Crippen molar-refractivity contribution in [1.29, 1.82) is 0 Å². The molecular formula is C12H17N3O2. The summed E-state index contributed by atoms with van der Waals surface area (Å²) in [6.07, 6.45) is 2.49. The topological polar surface area (TPSA) is 64.1 Å². The van der Waals surface area contributed by atoms with Gasteiger partial charge in [0, 0.05) is 0 Å². The van der Waals surface area contributed by atoms with E-state index in [0.29, 0.717) is 11.5 Å². The van der Waals surface area contributed by atoms with Gasteiger partial charge in [0.05, 0.1) is 18.1 Å². The Kier molecular flexibility index (Phi) is 3.83. The minimum Gasteiger partial charge on any atom is -0.444 e. The van der Waals surface area contributed by atoms with E-state index in [4.69, 9.17) is 4.74 Å². The van der Waals surface area contributed by atoms with Gasteiger partial charge in [-0.1, -0.05) is 6.58 Å². The van der Waals surface area contributed by atoms with Crippen LogP contribution in [0.15, 0.2) is 19.0 Å². The minimum absolute atomic E-state index is 0.347. The molecule has 1 N–H and O–H groups in total. The molecule has 5 nitrogen and oxygen atoms in total. The first-order chi connectivity index (χ1) is 7.78. The van der Waals surface area contributed by atoms with Crippen LogP contribution in [0.1, 0.15) is 33.4 Å². The second kappa shape index (κ2) is 4.95. The SMILES string of the molecule is C=C(C)c1cncc(NC(=O)OC(C)(C)C)n1. The molecule has 0 saturated carbocycles. The van der Waals surface area contributed by atoms with Crippen molar-refractivity contribution in [1.82, 2.24) is 9.97 Å². The minimum atomic E-state index is -0.550. The Morgan fingerprint density at radius 3 is 2.59 bits per heavy atom. The first-order valence-corrected chi connectivity index (χ1v) is 5.26. The highest BCUT2D eigenvalue weighted by Gasteiger charge is 2.16. The third-order valence-electron chi connectivity index (χ3n) is 1.70. The summed E-state index contributed by atoms with van der Waals surface area (Å²) in [7, 11) is 0. The maximum atomic E-state index is 11.5. The third kappa shape index (κ3) is 4.63. The molecule has 1 aromatic rings. The van der Waals surface area contributed by atoms with Gasteiger partial charge in [0.2, 0.25) is 0 Å². The zero-order valence-electron chi connectivity index (χ0n) is 10.6. The van der Waals surface area contributed by atoms with Crippen LogP contribution in [0.3, 0.4) is 0 Å². The Balaban J connectivity index is 2.72. The van der Waals surface area contributed by atoms with Gasteiger partial charge < -0.3 is 4.74 Å². The fraction of sp³-hybridized carbons (Fsp3) is 0.417. The van der Waals surface area contributed by atoms with Crippen LogP contribution >= 0.6 is 0 Å². The molecule has 1 heterocycles. The first-order valence-electron chi connectivity index (χ1n) is 5.26. The normalized spacial score (nSPS) is 10.8. The lowest BCUT2D eigenvalue weighted by Crippen LogP contribution is -2.27. The van der Waals surface area contributed by atoms with Crippen LogP contribution < -0.4 is 5.32 Å². The molecule has 0 atom stereocenters. The molecule has 92 valence electrons. The Labute approximate surface area is 101 Å². The summed E-state index contributed by atoms with van der Waals surface area (Å²) in [6, 6.07) is 0. The number of carbonyl (C=O) groups is 1. The summed E-state index contributed by atoms with van der Waals surface area (Å²) in [5.41, 5.74) is 0.882. The van der Waals surface area contributed by atoms with E-state index in [1.54, 1.807) is 27.0 Å².